The van der Waals surface area contributed by atoms with Crippen molar-refractivity contribution in [1.82, 2.24) is 10.2 Å². The molecule has 5 nitrogen and oxygen atoms in total. The zero-order valence-electron chi connectivity index (χ0n) is 8.10. The highest BCUT2D eigenvalue weighted by Gasteiger charge is 2.02. The highest BCUT2D eigenvalue weighted by Crippen LogP contribution is 2.21. The molecule has 0 spiro atoms. The summed E-state index contributed by atoms with van der Waals surface area (Å²) in [6.45, 7) is 0. The minimum Gasteiger partial charge on any atom is -0.389 e. The van der Waals surface area contributed by atoms with Crippen molar-refractivity contribution in [2.24, 2.45) is 0 Å². The van der Waals surface area contributed by atoms with Gasteiger partial charge in [0, 0.05) is 10.6 Å². The van der Waals surface area contributed by atoms with Crippen LogP contribution >= 0.6 is 11.8 Å². The van der Waals surface area contributed by atoms with Crippen molar-refractivity contribution in [2.75, 3.05) is 17.3 Å². The van der Waals surface area contributed by atoms with Crippen LogP contribution in [0.15, 0.2) is 33.6 Å². The van der Waals surface area contributed by atoms with E-state index < -0.39 is 0 Å². The molecule has 0 fully saturated rings. The van der Waals surface area contributed by atoms with Crippen molar-refractivity contribution >= 4 is 29.5 Å². The maximum atomic E-state index is 5.30. The Bertz CT molecular complexity index is 457. The fraction of sp³-hybridized carbons (Fsp3) is 0.111. The summed E-state index contributed by atoms with van der Waals surface area (Å²) in [5, 5.41) is 10.2. The lowest BCUT2D eigenvalue weighted by Gasteiger charge is -2.02. The molecule has 0 saturated heterocycles. The predicted molar refractivity (Wildman–Crippen MR) is 60.2 cm³/mol. The number of hydrogen-bond acceptors (Lipinski definition) is 6. The normalized spacial score (nSPS) is 10.2. The number of anilines is 3. The molecule has 0 aliphatic rings. The zero-order chi connectivity index (χ0) is 10.7. The van der Waals surface area contributed by atoms with E-state index in [-0.39, 0.29) is 6.01 Å². The Labute approximate surface area is 91.1 Å². The minimum atomic E-state index is 0.0542. The molecule has 0 aliphatic carbocycles. The SMILES string of the molecule is CSc1cccc(Nc2nnc(N)o2)c1. The maximum Gasteiger partial charge on any atom is 0.321 e. The first-order chi connectivity index (χ1) is 7.28. The van der Waals surface area contributed by atoms with Gasteiger partial charge in [0.15, 0.2) is 0 Å². The van der Waals surface area contributed by atoms with Crippen molar-refractivity contribution in [3.05, 3.63) is 24.3 Å². The monoisotopic (exact) mass is 222 g/mol. The van der Waals surface area contributed by atoms with Crippen LogP contribution < -0.4 is 11.1 Å². The summed E-state index contributed by atoms with van der Waals surface area (Å²) in [6, 6.07) is 8.24. The highest BCUT2D eigenvalue weighted by atomic mass is 32.2. The van der Waals surface area contributed by atoms with Gasteiger partial charge in [-0.3, -0.25) is 0 Å². The van der Waals surface area contributed by atoms with Crippen molar-refractivity contribution in [3.63, 3.8) is 0 Å². The van der Waals surface area contributed by atoms with Crippen LogP contribution in [0.4, 0.5) is 17.7 Å². The summed E-state index contributed by atoms with van der Waals surface area (Å²) in [6.07, 6.45) is 2.02. The van der Waals surface area contributed by atoms with Gasteiger partial charge in [0.25, 0.3) is 0 Å². The van der Waals surface area contributed by atoms with E-state index >= 15 is 0 Å². The number of nitrogens with one attached hydrogen (secondary N) is 1. The van der Waals surface area contributed by atoms with E-state index in [0.29, 0.717) is 6.01 Å². The van der Waals surface area contributed by atoms with Crippen LogP contribution in [-0.4, -0.2) is 16.5 Å². The van der Waals surface area contributed by atoms with Crippen LogP contribution in [0.2, 0.25) is 0 Å². The van der Waals surface area contributed by atoms with E-state index in [2.05, 4.69) is 15.5 Å². The molecule has 0 unspecified atom stereocenters. The van der Waals surface area contributed by atoms with Crippen molar-refractivity contribution in [2.45, 2.75) is 4.90 Å². The molecule has 0 amide bonds. The number of nitrogen functional groups attached to an aromatic ring is 1. The minimum absolute atomic E-state index is 0.0542. The smallest absolute Gasteiger partial charge is 0.321 e. The van der Waals surface area contributed by atoms with Gasteiger partial charge in [0.2, 0.25) is 0 Å². The molecule has 0 saturated carbocycles. The fourth-order valence-corrected chi connectivity index (χ4v) is 1.57. The number of hydrogen-bond donors (Lipinski definition) is 2. The lowest BCUT2D eigenvalue weighted by atomic mass is 10.3. The van der Waals surface area contributed by atoms with Crippen LogP contribution in [0, 0.1) is 0 Å². The number of nitrogens with zero attached hydrogens (tertiary/aromatic N) is 2. The molecule has 2 aromatic rings. The Morgan fingerprint density at radius 1 is 1.40 bits per heavy atom. The first-order valence-electron chi connectivity index (χ1n) is 4.28. The molecule has 3 N–H and O–H groups in total. The molecule has 1 aromatic carbocycles. The predicted octanol–water partition coefficient (Wildman–Crippen LogP) is 2.12. The lowest BCUT2D eigenvalue weighted by molar-refractivity contribution is 0.593. The standard InChI is InChI=1S/C9H10N4OS/c1-15-7-4-2-3-6(5-7)11-9-13-12-8(10)14-9/h2-5H,1H3,(H2,10,12)(H,11,13). The molecule has 6 heteroatoms. The molecule has 0 atom stereocenters. The molecule has 0 bridgehead atoms. The maximum absolute atomic E-state index is 5.30. The molecule has 15 heavy (non-hydrogen) atoms. The van der Waals surface area contributed by atoms with E-state index in [1.807, 2.05) is 30.5 Å². The topological polar surface area (TPSA) is 77.0 Å². The van der Waals surface area contributed by atoms with Crippen LogP contribution in [0.1, 0.15) is 0 Å². The number of rotatable bonds is 3. The number of nitrogens with two attached hydrogens (primary N) is 1. The zero-order valence-corrected chi connectivity index (χ0v) is 8.91. The number of benzene rings is 1. The van der Waals surface area contributed by atoms with E-state index in [1.165, 1.54) is 0 Å². The van der Waals surface area contributed by atoms with Crippen molar-refractivity contribution in [3.8, 4) is 0 Å². The average Bonchev–Trinajstić information content (AvgIpc) is 2.64. The van der Waals surface area contributed by atoms with Crippen LogP contribution in [0.5, 0.6) is 0 Å². The first kappa shape index (κ1) is 9.85. The lowest BCUT2D eigenvalue weighted by Crippen LogP contribution is -1.90. The van der Waals surface area contributed by atoms with Gasteiger partial charge < -0.3 is 15.5 Å². The second-order valence-corrected chi connectivity index (χ2v) is 3.68. The quantitative estimate of drug-likeness (QED) is 0.774. The summed E-state index contributed by atoms with van der Waals surface area (Å²) in [4.78, 5) is 1.16. The molecular formula is C9H10N4OS. The van der Waals surface area contributed by atoms with E-state index in [0.717, 1.165) is 10.6 Å². The second-order valence-electron chi connectivity index (χ2n) is 2.80. The van der Waals surface area contributed by atoms with Crippen molar-refractivity contribution < 1.29 is 4.42 Å². The number of aromatic nitrogens is 2. The van der Waals surface area contributed by atoms with E-state index in [4.69, 9.17) is 10.2 Å². The largest absolute Gasteiger partial charge is 0.389 e. The summed E-state index contributed by atoms with van der Waals surface area (Å²) < 4.78 is 5.00. The van der Waals surface area contributed by atoms with Gasteiger partial charge in [-0.25, -0.2) is 0 Å². The van der Waals surface area contributed by atoms with Crippen LogP contribution in [0.3, 0.4) is 0 Å². The summed E-state index contributed by atoms with van der Waals surface area (Å²) in [5.74, 6) is 0. The van der Waals surface area contributed by atoms with Gasteiger partial charge in [-0.1, -0.05) is 16.3 Å². The summed E-state index contributed by atoms with van der Waals surface area (Å²) >= 11 is 1.67. The molecule has 78 valence electrons. The fourth-order valence-electron chi connectivity index (χ4n) is 1.11. The van der Waals surface area contributed by atoms with E-state index in [9.17, 15) is 0 Å². The molecular weight excluding hydrogens is 212 g/mol. The van der Waals surface area contributed by atoms with E-state index in [1.54, 1.807) is 11.8 Å². The average molecular weight is 222 g/mol. The molecule has 0 aliphatic heterocycles. The van der Waals surface area contributed by atoms with Gasteiger partial charge in [0.05, 0.1) is 0 Å². The van der Waals surface area contributed by atoms with Crippen molar-refractivity contribution in [1.29, 1.82) is 0 Å². The summed E-state index contributed by atoms with van der Waals surface area (Å²) in [5.41, 5.74) is 6.20. The van der Waals surface area contributed by atoms with Crippen LogP contribution in [0.25, 0.3) is 0 Å². The van der Waals surface area contributed by atoms with Gasteiger partial charge in [-0.2, -0.15) is 0 Å². The highest BCUT2D eigenvalue weighted by molar-refractivity contribution is 7.98. The number of thioether (sulfide) groups is 1. The van der Waals surface area contributed by atoms with Gasteiger partial charge in [-0.15, -0.1) is 11.8 Å². The molecule has 1 aromatic heterocycles. The second kappa shape index (κ2) is 4.22. The molecule has 1 heterocycles. The molecule has 0 radical (unpaired) electrons. The Hall–Kier alpha value is -1.69. The Morgan fingerprint density at radius 3 is 2.93 bits per heavy atom. The Morgan fingerprint density at radius 2 is 2.27 bits per heavy atom. The van der Waals surface area contributed by atoms with Gasteiger partial charge >= 0.3 is 12.0 Å². The Kier molecular flexibility index (Phi) is 2.77. The third-order valence-electron chi connectivity index (χ3n) is 1.76. The first-order valence-corrected chi connectivity index (χ1v) is 5.50. The van der Waals surface area contributed by atoms with Crippen LogP contribution in [-0.2, 0) is 0 Å². The molecule has 2 rings (SSSR count). The Balaban J connectivity index is 2.16. The van der Waals surface area contributed by atoms with Gasteiger partial charge in [0.1, 0.15) is 0 Å². The third-order valence-corrected chi connectivity index (χ3v) is 2.49. The van der Waals surface area contributed by atoms with Gasteiger partial charge in [-0.05, 0) is 24.5 Å². The third kappa shape index (κ3) is 2.41. The summed E-state index contributed by atoms with van der Waals surface area (Å²) in [7, 11) is 0.